The Kier molecular flexibility index (Phi) is 4.47. The summed E-state index contributed by atoms with van der Waals surface area (Å²) >= 11 is 0. The summed E-state index contributed by atoms with van der Waals surface area (Å²) in [5.74, 6) is 1.95. The smallest absolute Gasteiger partial charge is 0.122 e. The number of fused-ring (bicyclic) bond motifs is 1. The van der Waals surface area contributed by atoms with Gasteiger partial charge in [0.1, 0.15) is 5.76 Å². The van der Waals surface area contributed by atoms with Crippen LogP contribution in [-0.4, -0.2) is 23.5 Å². The predicted molar refractivity (Wildman–Crippen MR) is 81.4 cm³/mol. The van der Waals surface area contributed by atoms with Crippen LogP contribution in [-0.2, 0) is 0 Å². The maximum absolute atomic E-state index is 6.46. The van der Waals surface area contributed by atoms with E-state index in [1.54, 1.807) is 6.26 Å². The van der Waals surface area contributed by atoms with Crippen LogP contribution in [0.1, 0.15) is 63.7 Å². The fourth-order valence-corrected chi connectivity index (χ4v) is 4.31. The first-order chi connectivity index (χ1) is 9.81. The van der Waals surface area contributed by atoms with Gasteiger partial charge < -0.3 is 10.2 Å². The van der Waals surface area contributed by atoms with Gasteiger partial charge in [0.25, 0.3) is 0 Å². The number of piperidine rings is 1. The van der Waals surface area contributed by atoms with Crippen molar-refractivity contribution in [2.75, 3.05) is 6.54 Å². The lowest BCUT2D eigenvalue weighted by molar-refractivity contribution is 0.00804. The Morgan fingerprint density at radius 2 is 2.10 bits per heavy atom. The molecule has 3 heteroatoms. The van der Waals surface area contributed by atoms with Crippen molar-refractivity contribution in [2.24, 2.45) is 11.7 Å². The van der Waals surface area contributed by atoms with Crippen molar-refractivity contribution in [3.8, 4) is 0 Å². The Morgan fingerprint density at radius 1 is 1.30 bits per heavy atom. The SMILES string of the molecule is CCC(N)C(c1ccco1)N1CCCC2CCCCC21. The van der Waals surface area contributed by atoms with Gasteiger partial charge in [-0.1, -0.05) is 19.8 Å². The molecular formula is C17H28N2O. The lowest BCUT2D eigenvalue weighted by Crippen LogP contribution is -2.52. The van der Waals surface area contributed by atoms with E-state index in [-0.39, 0.29) is 12.1 Å². The van der Waals surface area contributed by atoms with E-state index in [0.29, 0.717) is 0 Å². The lowest BCUT2D eigenvalue weighted by Gasteiger charge is -2.48. The van der Waals surface area contributed by atoms with E-state index >= 15 is 0 Å². The topological polar surface area (TPSA) is 42.4 Å². The molecule has 4 unspecified atom stereocenters. The molecule has 4 atom stereocenters. The summed E-state index contributed by atoms with van der Waals surface area (Å²) in [6.07, 6.45) is 11.1. The lowest BCUT2D eigenvalue weighted by atomic mass is 9.77. The van der Waals surface area contributed by atoms with E-state index in [9.17, 15) is 0 Å². The van der Waals surface area contributed by atoms with E-state index in [0.717, 1.165) is 24.1 Å². The maximum Gasteiger partial charge on any atom is 0.122 e. The normalized spacial score (nSPS) is 30.7. The van der Waals surface area contributed by atoms with Gasteiger partial charge in [0, 0.05) is 12.1 Å². The van der Waals surface area contributed by atoms with Gasteiger partial charge >= 0.3 is 0 Å². The van der Waals surface area contributed by atoms with Crippen LogP contribution >= 0.6 is 0 Å². The van der Waals surface area contributed by atoms with E-state index in [1.165, 1.54) is 45.1 Å². The monoisotopic (exact) mass is 276 g/mol. The van der Waals surface area contributed by atoms with Crippen LogP contribution in [0, 0.1) is 5.92 Å². The molecule has 0 spiro atoms. The fraction of sp³-hybridized carbons (Fsp3) is 0.765. The second kappa shape index (κ2) is 6.31. The molecule has 2 heterocycles. The van der Waals surface area contributed by atoms with Crippen molar-refractivity contribution in [1.82, 2.24) is 4.90 Å². The molecule has 2 fully saturated rings. The first-order valence-electron chi connectivity index (χ1n) is 8.36. The van der Waals surface area contributed by atoms with Gasteiger partial charge in [-0.05, 0) is 56.7 Å². The van der Waals surface area contributed by atoms with Crippen LogP contribution in [0.15, 0.2) is 22.8 Å². The van der Waals surface area contributed by atoms with E-state index in [4.69, 9.17) is 10.2 Å². The molecule has 1 saturated heterocycles. The minimum atomic E-state index is 0.168. The van der Waals surface area contributed by atoms with Crippen molar-refractivity contribution in [1.29, 1.82) is 0 Å². The molecule has 1 aromatic rings. The van der Waals surface area contributed by atoms with Crippen molar-refractivity contribution in [2.45, 2.75) is 70.0 Å². The van der Waals surface area contributed by atoms with E-state index in [2.05, 4.69) is 17.9 Å². The number of hydrogen-bond donors (Lipinski definition) is 1. The molecule has 3 nitrogen and oxygen atoms in total. The highest BCUT2D eigenvalue weighted by molar-refractivity contribution is 5.09. The summed E-state index contributed by atoms with van der Waals surface area (Å²) in [5.41, 5.74) is 6.46. The minimum Gasteiger partial charge on any atom is -0.468 e. The largest absolute Gasteiger partial charge is 0.468 e. The summed E-state index contributed by atoms with van der Waals surface area (Å²) in [4.78, 5) is 2.68. The molecule has 0 aromatic carbocycles. The molecule has 2 aliphatic rings. The van der Waals surface area contributed by atoms with Crippen LogP contribution in [0.25, 0.3) is 0 Å². The predicted octanol–water partition coefficient (Wildman–Crippen LogP) is 3.71. The summed E-state index contributed by atoms with van der Waals surface area (Å²) in [7, 11) is 0. The van der Waals surface area contributed by atoms with Gasteiger partial charge in [-0.15, -0.1) is 0 Å². The Bertz CT molecular complexity index is 401. The number of likely N-dealkylation sites (tertiary alicyclic amines) is 1. The second-order valence-electron chi connectivity index (χ2n) is 6.52. The van der Waals surface area contributed by atoms with Crippen molar-refractivity contribution >= 4 is 0 Å². The molecular weight excluding hydrogens is 248 g/mol. The molecule has 0 radical (unpaired) electrons. The third-order valence-electron chi connectivity index (χ3n) is 5.36. The molecule has 0 bridgehead atoms. The highest BCUT2D eigenvalue weighted by atomic mass is 16.3. The Hall–Kier alpha value is -0.800. The number of furan rings is 1. The molecule has 1 aliphatic heterocycles. The third kappa shape index (κ3) is 2.66. The van der Waals surface area contributed by atoms with Crippen molar-refractivity contribution in [3.63, 3.8) is 0 Å². The average molecular weight is 276 g/mol. The molecule has 2 N–H and O–H groups in total. The van der Waals surface area contributed by atoms with Crippen LogP contribution < -0.4 is 5.73 Å². The Balaban J connectivity index is 1.85. The zero-order valence-corrected chi connectivity index (χ0v) is 12.6. The zero-order chi connectivity index (χ0) is 13.9. The highest BCUT2D eigenvalue weighted by Gasteiger charge is 2.39. The maximum atomic E-state index is 6.46. The third-order valence-corrected chi connectivity index (χ3v) is 5.36. The van der Waals surface area contributed by atoms with Crippen molar-refractivity contribution < 1.29 is 4.42 Å². The van der Waals surface area contributed by atoms with Crippen LogP contribution in [0.3, 0.4) is 0 Å². The van der Waals surface area contributed by atoms with Gasteiger partial charge in [0.05, 0.1) is 12.3 Å². The van der Waals surface area contributed by atoms with Gasteiger partial charge in [0.2, 0.25) is 0 Å². The number of rotatable bonds is 4. The average Bonchev–Trinajstić information content (AvgIpc) is 3.01. The zero-order valence-electron chi connectivity index (χ0n) is 12.6. The molecule has 20 heavy (non-hydrogen) atoms. The molecule has 1 aliphatic carbocycles. The summed E-state index contributed by atoms with van der Waals surface area (Å²) < 4.78 is 5.73. The fourth-order valence-electron chi connectivity index (χ4n) is 4.31. The highest BCUT2D eigenvalue weighted by Crippen LogP contribution is 2.40. The molecule has 0 amide bonds. The van der Waals surface area contributed by atoms with Crippen LogP contribution in [0.4, 0.5) is 0 Å². The van der Waals surface area contributed by atoms with Crippen molar-refractivity contribution in [3.05, 3.63) is 24.2 Å². The second-order valence-corrected chi connectivity index (χ2v) is 6.52. The standard InChI is InChI=1S/C17H28N2O/c1-2-14(18)17(16-10-6-12-20-16)19-11-5-8-13-7-3-4-9-15(13)19/h6,10,12-15,17H,2-5,7-9,11,18H2,1H3. The Morgan fingerprint density at radius 3 is 2.85 bits per heavy atom. The van der Waals surface area contributed by atoms with Crippen LogP contribution in [0.5, 0.6) is 0 Å². The number of nitrogens with zero attached hydrogens (tertiary/aromatic N) is 1. The molecule has 3 rings (SSSR count). The van der Waals surface area contributed by atoms with Crippen LogP contribution in [0.2, 0.25) is 0 Å². The Labute approximate surface area is 122 Å². The molecule has 112 valence electrons. The first kappa shape index (κ1) is 14.2. The number of hydrogen-bond acceptors (Lipinski definition) is 3. The first-order valence-corrected chi connectivity index (χ1v) is 8.36. The quantitative estimate of drug-likeness (QED) is 0.911. The van der Waals surface area contributed by atoms with E-state index < -0.39 is 0 Å². The summed E-state index contributed by atoms with van der Waals surface area (Å²) in [6.45, 7) is 3.36. The van der Waals surface area contributed by atoms with Gasteiger partial charge in [-0.3, -0.25) is 4.90 Å². The molecule has 1 saturated carbocycles. The molecule has 1 aromatic heterocycles. The summed E-state index contributed by atoms with van der Waals surface area (Å²) in [6, 6.07) is 5.26. The van der Waals surface area contributed by atoms with Gasteiger partial charge in [-0.2, -0.15) is 0 Å². The summed E-state index contributed by atoms with van der Waals surface area (Å²) in [5, 5.41) is 0. The van der Waals surface area contributed by atoms with Gasteiger partial charge in [-0.25, -0.2) is 0 Å². The number of nitrogens with two attached hydrogens (primary N) is 1. The van der Waals surface area contributed by atoms with Gasteiger partial charge in [0.15, 0.2) is 0 Å². The van der Waals surface area contributed by atoms with E-state index in [1.807, 2.05) is 6.07 Å². The minimum absolute atomic E-state index is 0.168.